The van der Waals surface area contributed by atoms with Crippen LogP contribution in [0.2, 0.25) is 0 Å². The normalized spacial score (nSPS) is 11.4. The summed E-state index contributed by atoms with van der Waals surface area (Å²) in [5, 5.41) is 0. The van der Waals surface area contributed by atoms with E-state index in [1.54, 1.807) is 0 Å². The highest BCUT2D eigenvalue weighted by molar-refractivity contribution is 7.54. The van der Waals surface area contributed by atoms with Crippen LogP contribution in [0, 0.1) is 0 Å². The van der Waals surface area contributed by atoms with Gasteiger partial charge in [-0.15, -0.1) is 0 Å². The zero-order valence-corrected chi connectivity index (χ0v) is 17.6. The fourth-order valence-corrected chi connectivity index (χ4v) is 4.54. The molecule has 0 heterocycles. The van der Waals surface area contributed by atoms with Crippen LogP contribution in [0.4, 0.5) is 0 Å². The van der Waals surface area contributed by atoms with Crippen LogP contribution in [0.1, 0.15) is 56.9 Å². The molecular weight excluding hydrogens is 343 g/mol. The van der Waals surface area contributed by atoms with Gasteiger partial charge in [-0.25, -0.2) is 4.57 Å². The fourth-order valence-electron chi connectivity index (χ4n) is 3.31. The highest BCUT2D eigenvalue weighted by atomic mass is 31.2. The molecule has 4 heteroatoms. The number of hydrogen-bond acceptors (Lipinski definition) is 3. The molecule has 142 valence electrons. The van der Waals surface area contributed by atoms with E-state index in [4.69, 9.17) is 9.05 Å². The topological polar surface area (TPSA) is 35.5 Å². The summed E-state index contributed by atoms with van der Waals surface area (Å²) in [4.78, 5) is 0. The minimum atomic E-state index is -3.28. The van der Waals surface area contributed by atoms with Crippen molar-refractivity contribution >= 4 is 7.60 Å². The summed E-state index contributed by atoms with van der Waals surface area (Å²) in [6.45, 7) is 10.3. The van der Waals surface area contributed by atoms with Crippen LogP contribution in [0.3, 0.4) is 0 Å². The summed E-state index contributed by atoms with van der Waals surface area (Å²) >= 11 is 0. The lowest BCUT2D eigenvalue weighted by molar-refractivity contribution is 0.384. The summed E-state index contributed by atoms with van der Waals surface area (Å²) in [5.74, 6) is 1.36. The van der Waals surface area contributed by atoms with Gasteiger partial charge in [0.1, 0.15) is 11.5 Å². The van der Waals surface area contributed by atoms with Gasteiger partial charge in [0, 0.05) is 0 Å². The molecule has 0 aliphatic carbocycles. The SMILES string of the molecule is CCc1cccc(OP(=O)(CC)Oc2cccc(CC)c2CC)c1CC. The predicted molar refractivity (Wildman–Crippen MR) is 110 cm³/mol. The molecule has 0 spiro atoms. The Balaban J connectivity index is 2.38. The molecule has 2 rings (SSSR count). The number of aryl methyl sites for hydroxylation is 2. The summed E-state index contributed by atoms with van der Waals surface area (Å²) in [6.07, 6.45) is 3.86. The van der Waals surface area contributed by atoms with Crippen molar-refractivity contribution in [1.29, 1.82) is 0 Å². The van der Waals surface area contributed by atoms with Gasteiger partial charge in [0.15, 0.2) is 0 Å². The Morgan fingerprint density at radius 2 is 1.12 bits per heavy atom. The Hall–Kier alpha value is -1.73. The second kappa shape index (κ2) is 9.28. The van der Waals surface area contributed by atoms with E-state index < -0.39 is 7.60 Å². The molecule has 0 aliphatic rings. The van der Waals surface area contributed by atoms with Crippen molar-refractivity contribution in [2.24, 2.45) is 0 Å². The van der Waals surface area contributed by atoms with E-state index in [-0.39, 0.29) is 0 Å². The molecule has 0 aromatic heterocycles. The second-order valence-electron chi connectivity index (χ2n) is 6.31. The third kappa shape index (κ3) is 4.51. The molecule has 0 saturated carbocycles. The number of rotatable bonds is 9. The average molecular weight is 374 g/mol. The molecule has 3 nitrogen and oxygen atoms in total. The van der Waals surface area contributed by atoms with Gasteiger partial charge >= 0.3 is 7.60 Å². The average Bonchev–Trinajstić information content (AvgIpc) is 2.67. The predicted octanol–water partition coefficient (Wildman–Crippen LogP) is 6.61. The lowest BCUT2D eigenvalue weighted by Gasteiger charge is -2.23. The smallest absolute Gasteiger partial charge is 0.416 e. The molecule has 0 saturated heterocycles. The van der Waals surface area contributed by atoms with Crippen LogP contribution >= 0.6 is 7.60 Å². The lowest BCUT2D eigenvalue weighted by atomic mass is 10.0. The van der Waals surface area contributed by atoms with E-state index in [0.29, 0.717) is 17.7 Å². The largest absolute Gasteiger partial charge is 0.430 e. The van der Waals surface area contributed by atoms with Crippen molar-refractivity contribution in [3.8, 4) is 11.5 Å². The molecule has 0 unspecified atom stereocenters. The molecule has 0 aliphatic heterocycles. The Labute approximate surface area is 158 Å². The standard InChI is InChI=1S/C22H31O3P/c1-6-17-13-11-15-21(19(17)8-3)24-26(23,10-5)25-22-16-12-14-18(7-2)20(22)9-4/h11-16H,6-10H2,1-5H3. The van der Waals surface area contributed by atoms with E-state index in [0.717, 1.165) is 36.8 Å². The Kier molecular flexibility index (Phi) is 7.34. The molecule has 0 fully saturated rings. The molecule has 0 atom stereocenters. The molecule has 0 bridgehead atoms. The Morgan fingerprint density at radius 1 is 0.692 bits per heavy atom. The van der Waals surface area contributed by atoms with Crippen LogP contribution < -0.4 is 9.05 Å². The van der Waals surface area contributed by atoms with Crippen molar-refractivity contribution in [3.63, 3.8) is 0 Å². The van der Waals surface area contributed by atoms with Crippen molar-refractivity contribution in [2.75, 3.05) is 6.16 Å². The van der Waals surface area contributed by atoms with Crippen LogP contribution in [0.25, 0.3) is 0 Å². The summed E-state index contributed by atoms with van der Waals surface area (Å²) < 4.78 is 25.5. The molecule has 0 N–H and O–H groups in total. The van der Waals surface area contributed by atoms with Crippen molar-refractivity contribution < 1.29 is 13.6 Å². The van der Waals surface area contributed by atoms with Gasteiger partial charge in [0.25, 0.3) is 0 Å². The molecule has 0 radical (unpaired) electrons. The van der Waals surface area contributed by atoms with Crippen molar-refractivity contribution in [2.45, 2.75) is 60.3 Å². The molecular formula is C22H31O3P. The van der Waals surface area contributed by atoms with Gasteiger partial charge in [0.05, 0.1) is 6.16 Å². The zero-order chi connectivity index (χ0) is 19.2. The van der Waals surface area contributed by atoms with Gasteiger partial charge in [-0.2, -0.15) is 0 Å². The summed E-state index contributed by atoms with van der Waals surface area (Å²) in [5.41, 5.74) is 4.69. The van der Waals surface area contributed by atoms with Crippen LogP contribution in [-0.2, 0) is 30.2 Å². The third-order valence-electron chi connectivity index (χ3n) is 4.79. The molecule has 0 amide bonds. The van der Waals surface area contributed by atoms with E-state index in [9.17, 15) is 4.57 Å². The van der Waals surface area contributed by atoms with Gasteiger partial charge in [-0.1, -0.05) is 58.9 Å². The fraction of sp³-hybridized carbons (Fsp3) is 0.455. The number of hydrogen-bond donors (Lipinski definition) is 0. The first-order valence-corrected chi connectivity index (χ1v) is 11.4. The Morgan fingerprint density at radius 3 is 1.42 bits per heavy atom. The Bertz CT molecular complexity index is 721. The highest BCUT2D eigenvalue weighted by Gasteiger charge is 2.28. The quantitative estimate of drug-likeness (QED) is 0.463. The summed E-state index contributed by atoms with van der Waals surface area (Å²) in [6, 6.07) is 11.9. The third-order valence-corrected chi connectivity index (χ3v) is 6.52. The van der Waals surface area contributed by atoms with Gasteiger partial charge in [0.2, 0.25) is 0 Å². The zero-order valence-electron chi connectivity index (χ0n) is 16.7. The maximum atomic E-state index is 13.4. The first-order valence-electron chi connectivity index (χ1n) is 9.71. The first-order chi connectivity index (χ1) is 12.5. The van der Waals surface area contributed by atoms with Gasteiger partial charge in [-0.3, -0.25) is 0 Å². The maximum Gasteiger partial charge on any atom is 0.430 e. The van der Waals surface area contributed by atoms with Crippen LogP contribution in [0.15, 0.2) is 36.4 Å². The van der Waals surface area contributed by atoms with E-state index in [2.05, 4.69) is 39.8 Å². The summed E-state index contributed by atoms with van der Waals surface area (Å²) in [7, 11) is -3.28. The van der Waals surface area contributed by atoms with E-state index >= 15 is 0 Å². The van der Waals surface area contributed by atoms with Crippen molar-refractivity contribution in [1.82, 2.24) is 0 Å². The molecule has 2 aromatic carbocycles. The maximum absolute atomic E-state index is 13.4. The van der Waals surface area contributed by atoms with Gasteiger partial charge in [-0.05, 0) is 60.1 Å². The van der Waals surface area contributed by atoms with Crippen LogP contribution in [-0.4, -0.2) is 6.16 Å². The van der Waals surface area contributed by atoms with Crippen molar-refractivity contribution in [3.05, 3.63) is 58.7 Å². The van der Waals surface area contributed by atoms with E-state index in [1.165, 1.54) is 11.1 Å². The second-order valence-corrected chi connectivity index (χ2v) is 8.53. The minimum absolute atomic E-state index is 0.325. The van der Waals surface area contributed by atoms with E-state index in [1.807, 2.05) is 31.2 Å². The monoisotopic (exact) mass is 374 g/mol. The first kappa shape index (κ1) is 20.6. The highest BCUT2D eigenvalue weighted by Crippen LogP contribution is 2.50. The molecule has 2 aromatic rings. The lowest BCUT2D eigenvalue weighted by Crippen LogP contribution is -2.07. The molecule has 26 heavy (non-hydrogen) atoms. The van der Waals surface area contributed by atoms with Crippen LogP contribution in [0.5, 0.6) is 11.5 Å². The number of benzene rings is 2. The minimum Gasteiger partial charge on any atom is -0.416 e. The van der Waals surface area contributed by atoms with Gasteiger partial charge < -0.3 is 9.05 Å².